The van der Waals surface area contributed by atoms with Crippen LogP contribution < -0.4 is 0 Å². The zero-order valence-corrected chi connectivity index (χ0v) is 12.1. The molecule has 1 atom stereocenters. The van der Waals surface area contributed by atoms with E-state index in [2.05, 4.69) is 0 Å². The summed E-state index contributed by atoms with van der Waals surface area (Å²) in [6.45, 7) is 5.60. The van der Waals surface area contributed by atoms with Crippen molar-refractivity contribution < 1.29 is 19.4 Å². The van der Waals surface area contributed by atoms with Gasteiger partial charge in [-0.25, -0.2) is 0 Å². The van der Waals surface area contributed by atoms with Crippen LogP contribution in [0.15, 0.2) is 18.2 Å². The molecule has 1 aliphatic carbocycles. The molecule has 1 aliphatic rings. The summed E-state index contributed by atoms with van der Waals surface area (Å²) in [6.07, 6.45) is 1.28. The van der Waals surface area contributed by atoms with Gasteiger partial charge in [0.15, 0.2) is 5.78 Å². The molecule has 4 heteroatoms. The highest BCUT2D eigenvalue weighted by Gasteiger charge is 2.44. The first-order valence-corrected chi connectivity index (χ1v) is 6.91. The number of phenolic OH excluding ortho intramolecular Hbond substituents is 1. The Hall–Kier alpha value is -1.84. The van der Waals surface area contributed by atoms with Crippen LogP contribution in [0.4, 0.5) is 0 Å². The van der Waals surface area contributed by atoms with Crippen molar-refractivity contribution in [3.63, 3.8) is 0 Å². The zero-order chi connectivity index (χ0) is 14.9. The molecule has 0 aromatic heterocycles. The van der Waals surface area contributed by atoms with E-state index in [1.54, 1.807) is 32.9 Å². The Morgan fingerprint density at radius 2 is 2.15 bits per heavy atom. The monoisotopic (exact) mass is 276 g/mol. The first kappa shape index (κ1) is 14.6. The molecule has 0 saturated carbocycles. The van der Waals surface area contributed by atoms with Crippen LogP contribution in [0.1, 0.15) is 43.1 Å². The Morgan fingerprint density at radius 3 is 2.80 bits per heavy atom. The summed E-state index contributed by atoms with van der Waals surface area (Å²) >= 11 is 0. The number of esters is 1. The van der Waals surface area contributed by atoms with E-state index in [4.69, 9.17) is 4.74 Å². The number of fused-ring (bicyclic) bond motifs is 1. The lowest BCUT2D eigenvalue weighted by atomic mass is 9.68. The van der Waals surface area contributed by atoms with Gasteiger partial charge in [0.1, 0.15) is 5.75 Å². The average molecular weight is 276 g/mol. The maximum Gasteiger partial charge on any atom is 0.312 e. The number of Topliss-reactive ketones (excluding diaryl/α,β-unsaturated/α-hetero) is 1. The van der Waals surface area contributed by atoms with E-state index in [1.807, 2.05) is 0 Å². The highest BCUT2D eigenvalue weighted by molar-refractivity contribution is 6.03. The molecule has 0 amide bonds. The number of hydrogen-bond donors (Lipinski definition) is 1. The molecule has 20 heavy (non-hydrogen) atoms. The van der Waals surface area contributed by atoms with E-state index in [1.165, 1.54) is 6.07 Å². The van der Waals surface area contributed by atoms with Gasteiger partial charge in [0.05, 0.1) is 12.0 Å². The summed E-state index contributed by atoms with van der Waals surface area (Å²) in [7, 11) is 0. The fraction of sp³-hybridized carbons (Fsp3) is 0.500. The first-order valence-electron chi connectivity index (χ1n) is 6.91. The van der Waals surface area contributed by atoms with Crippen molar-refractivity contribution in [2.75, 3.05) is 6.61 Å². The Kier molecular flexibility index (Phi) is 3.84. The van der Waals surface area contributed by atoms with Crippen LogP contribution in [0, 0.1) is 11.3 Å². The second-order valence-electron chi connectivity index (χ2n) is 5.74. The Bertz CT molecular complexity index is 545. The molecule has 0 radical (unpaired) electrons. The first-order chi connectivity index (χ1) is 9.37. The maximum atomic E-state index is 12.6. The van der Waals surface area contributed by atoms with Crippen molar-refractivity contribution >= 4 is 11.8 Å². The average Bonchev–Trinajstić information content (AvgIpc) is 2.38. The molecule has 1 unspecified atom stereocenters. The van der Waals surface area contributed by atoms with Crippen LogP contribution in [-0.4, -0.2) is 23.5 Å². The topological polar surface area (TPSA) is 63.6 Å². The van der Waals surface area contributed by atoms with E-state index in [0.29, 0.717) is 25.0 Å². The third-order valence-corrected chi connectivity index (χ3v) is 4.05. The van der Waals surface area contributed by atoms with E-state index >= 15 is 0 Å². The summed E-state index contributed by atoms with van der Waals surface area (Å²) in [6, 6.07) is 4.78. The third kappa shape index (κ3) is 2.42. The number of aromatic hydroxyl groups is 1. The molecule has 1 aromatic carbocycles. The van der Waals surface area contributed by atoms with Crippen molar-refractivity contribution in [3.05, 3.63) is 29.3 Å². The van der Waals surface area contributed by atoms with E-state index in [0.717, 1.165) is 5.56 Å². The van der Waals surface area contributed by atoms with E-state index in [-0.39, 0.29) is 23.4 Å². The lowest BCUT2D eigenvalue weighted by Crippen LogP contribution is -2.41. The molecule has 0 heterocycles. The summed E-state index contributed by atoms with van der Waals surface area (Å²) in [5.41, 5.74) is 0.630. The number of carbonyl (C=O) groups excluding carboxylic acids is 2. The zero-order valence-electron chi connectivity index (χ0n) is 12.1. The molecule has 108 valence electrons. The van der Waals surface area contributed by atoms with Crippen molar-refractivity contribution in [1.29, 1.82) is 0 Å². The molecule has 0 saturated heterocycles. The maximum absolute atomic E-state index is 12.6. The summed E-state index contributed by atoms with van der Waals surface area (Å²) in [5, 5.41) is 9.47. The lowest BCUT2D eigenvalue weighted by Gasteiger charge is -2.34. The highest BCUT2D eigenvalue weighted by Crippen LogP contribution is 2.39. The number of ketones is 1. The Morgan fingerprint density at radius 1 is 1.45 bits per heavy atom. The number of hydrogen-bond acceptors (Lipinski definition) is 4. The number of rotatable bonds is 3. The molecule has 0 spiro atoms. The second kappa shape index (κ2) is 5.27. The van der Waals surface area contributed by atoms with E-state index in [9.17, 15) is 14.7 Å². The number of aryl methyl sites for hydroxylation is 1. The summed E-state index contributed by atoms with van der Waals surface area (Å²) < 4.78 is 5.08. The SMILES string of the molecule is CCOC(=O)C(C)(C)C1CCc2cc(O)ccc2C1=O. The third-order valence-electron chi connectivity index (χ3n) is 4.05. The predicted molar refractivity (Wildman–Crippen MR) is 74.7 cm³/mol. The van der Waals surface area contributed by atoms with Crippen LogP contribution in [0.5, 0.6) is 5.75 Å². The number of benzene rings is 1. The van der Waals surface area contributed by atoms with Gasteiger partial charge in [0, 0.05) is 11.5 Å². The van der Waals surface area contributed by atoms with Gasteiger partial charge >= 0.3 is 5.97 Å². The molecule has 0 bridgehead atoms. The van der Waals surface area contributed by atoms with Crippen molar-refractivity contribution in [3.8, 4) is 5.75 Å². The van der Waals surface area contributed by atoms with Gasteiger partial charge in [-0.3, -0.25) is 9.59 Å². The largest absolute Gasteiger partial charge is 0.508 e. The van der Waals surface area contributed by atoms with Gasteiger partial charge in [-0.1, -0.05) is 0 Å². The standard InChI is InChI=1S/C16H20O4/c1-4-20-15(19)16(2,3)13-8-5-10-9-11(17)6-7-12(10)14(13)18/h6-7,9,13,17H,4-5,8H2,1-3H3. The highest BCUT2D eigenvalue weighted by atomic mass is 16.5. The fourth-order valence-corrected chi connectivity index (χ4v) is 2.79. The molecule has 2 rings (SSSR count). The van der Waals surface area contributed by atoms with Crippen LogP contribution in [0.25, 0.3) is 0 Å². The van der Waals surface area contributed by atoms with Crippen LogP contribution >= 0.6 is 0 Å². The quantitative estimate of drug-likeness (QED) is 0.862. The van der Waals surface area contributed by atoms with Gasteiger partial charge in [-0.2, -0.15) is 0 Å². The lowest BCUT2D eigenvalue weighted by molar-refractivity contribution is -0.155. The van der Waals surface area contributed by atoms with Gasteiger partial charge < -0.3 is 9.84 Å². The number of phenols is 1. The molecule has 1 aromatic rings. The molecular formula is C16H20O4. The van der Waals surface area contributed by atoms with Crippen LogP contribution in [0.3, 0.4) is 0 Å². The van der Waals surface area contributed by atoms with Crippen molar-refractivity contribution in [2.45, 2.75) is 33.6 Å². The minimum atomic E-state index is -0.831. The smallest absolute Gasteiger partial charge is 0.312 e. The molecular weight excluding hydrogens is 256 g/mol. The summed E-state index contributed by atoms with van der Waals surface area (Å²) in [5.74, 6) is -0.580. The van der Waals surface area contributed by atoms with Crippen molar-refractivity contribution in [2.24, 2.45) is 11.3 Å². The number of carbonyl (C=O) groups is 2. The molecule has 4 nitrogen and oxygen atoms in total. The van der Waals surface area contributed by atoms with E-state index < -0.39 is 5.41 Å². The van der Waals surface area contributed by atoms with Crippen molar-refractivity contribution in [1.82, 2.24) is 0 Å². The molecule has 0 fully saturated rings. The minimum absolute atomic E-state index is 0.0377. The second-order valence-corrected chi connectivity index (χ2v) is 5.74. The normalized spacial score (nSPS) is 18.6. The van der Waals surface area contributed by atoms with Crippen LogP contribution in [0.2, 0.25) is 0 Å². The number of ether oxygens (including phenoxy) is 1. The fourth-order valence-electron chi connectivity index (χ4n) is 2.79. The predicted octanol–water partition coefficient (Wildman–Crippen LogP) is 2.73. The molecule has 0 aliphatic heterocycles. The summed E-state index contributed by atoms with van der Waals surface area (Å²) in [4.78, 5) is 24.7. The van der Waals surface area contributed by atoms with Crippen LogP contribution in [-0.2, 0) is 16.0 Å². The Balaban J connectivity index is 2.31. The van der Waals surface area contributed by atoms with Gasteiger partial charge in [0.2, 0.25) is 0 Å². The van der Waals surface area contributed by atoms with Gasteiger partial charge in [0.25, 0.3) is 0 Å². The van der Waals surface area contributed by atoms with Gasteiger partial charge in [-0.15, -0.1) is 0 Å². The van der Waals surface area contributed by atoms with Gasteiger partial charge in [-0.05, 0) is 57.4 Å². The Labute approximate surface area is 118 Å². The molecule has 1 N–H and O–H groups in total. The minimum Gasteiger partial charge on any atom is -0.508 e.